The summed E-state index contributed by atoms with van der Waals surface area (Å²) in [4.78, 5) is 21.9. The van der Waals surface area contributed by atoms with Gasteiger partial charge in [0, 0.05) is 17.3 Å². The fraction of sp³-hybridized carbons (Fsp3) is 0.176. The zero-order chi connectivity index (χ0) is 16.1. The number of benzene rings is 2. The van der Waals surface area contributed by atoms with Crippen LogP contribution in [0.3, 0.4) is 0 Å². The highest BCUT2D eigenvalue weighted by atomic mass is 16.5. The van der Waals surface area contributed by atoms with Crippen LogP contribution in [-0.4, -0.2) is 16.9 Å². The minimum atomic E-state index is -0.856. The van der Waals surface area contributed by atoms with Gasteiger partial charge in [-0.3, -0.25) is 9.59 Å². The number of carboxylic acid groups (broad SMARTS) is 1. The molecule has 0 heterocycles. The molecule has 0 bridgehead atoms. The van der Waals surface area contributed by atoms with Crippen LogP contribution in [0.2, 0.25) is 0 Å². The normalized spacial score (nSPS) is 10.2. The highest BCUT2D eigenvalue weighted by molar-refractivity contribution is 5.99. The maximum atomic E-state index is 11.3. The van der Waals surface area contributed by atoms with Gasteiger partial charge in [-0.05, 0) is 30.2 Å². The Labute approximate surface area is 128 Å². The maximum absolute atomic E-state index is 11.3. The summed E-state index contributed by atoms with van der Waals surface area (Å²) in [5.74, 6) is -0.361. The summed E-state index contributed by atoms with van der Waals surface area (Å²) in [6.45, 7) is 1.80. The first-order valence-corrected chi connectivity index (χ1v) is 6.78. The van der Waals surface area contributed by atoms with Gasteiger partial charge in [-0.15, -0.1) is 0 Å². The Balaban J connectivity index is 1.99. The number of nitrogens with two attached hydrogens (primary N) is 1. The lowest BCUT2D eigenvalue weighted by molar-refractivity contribution is -0.136. The van der Waals surface area contributed by atoms with Gasteiger partial charge in [0.25, 0.3) is 0 Å². The summed E-state index contributed by atoms with van der Waals surface area (Å²) in [5, 5.41) is 8.72. The topological polar surface area (TPSA) is 89.6 Å². The SMILES string of the molecule is CC(=O)c1ccc(OCc2ccc(CC(=O)O)cc2)cc1N. The van der Waals surface area contributed by atoms with Crippen LogP contribution in [0.1, 0.15) is 28.4 Å². The predicted molar refractivity (Wildman–Crippen MR) is 83.0 cm³/mol. The zero-order valence-electron chi connectivity index (χ0n) is 12.2. The van der Waals surface area contributed by atoms with E-state index in [2.05, 4.69) is 0 Å². The van der Waals surface area contributed by atoms with E-state index in [0.29, 0.717) is 23.6 Å². The summed E-state index contributed by atoms with van der Waals surface area (Å²) in [7, 11) is 0. The van der Waals surface area contributed by atoms with Gasteiger partial charge in [-0.1, -0.05) is 24.3 Å². The second kappa shape index (κ2) is 6.76. The third-order valence-electron chi connectivity index (χ3n) is 3.19. The number of ketones is 1. The molecule has 3 N–H and O–H groups in total. The molecule has 0 atom stereocenters. The zero-order valence-corrected chi connectivity index (χ0v) is 12.2. The standard InChI is InChI=1S/C17H17NO4/c1-11(19)15-7-6-14(9-16(15)18)22-10-13-4-2-12(3-5-13)8-17(20)21/h2-7,9H,8,10,18H2,1H3,(H,20,21). The molecule has 22 heavy (non-hydrogen) atoms. The molecule has 114 valence electrons. The number of ether oxygens (including phenoxy) is 1. The Kier molecular flexibility index (Phi) is 4.78. The molecule has 0 radical (unpaired) electrons. The van der Waals surface area contributed by atoms with Crippen molar-refractivity contribution >= 4 is 17.4 Å². The monoisotopic (exact) mass is 299 g/mol. The summed E-state index contributed by atoms with van der Waals surface area (Å²) < 4.78 is 5.62. The van der Waals surface area contributed by atoms with Gasteiger partial charge in [0.05, 0.1) is 6.42 Å². The molecule has 5 heteroatoms. The molecule has 0 aliphatic carbocycles. The molecular formula is C17H17NO4. The fourth-order valence-electron chi connectivity index (χ4n) is 2.05. The van der Waals surface area contributed by atoms with Crippen LogP contribution in [0, 0.1) is 0 Å². The largest absolute Gasteiger partial charge is 0.489 e. The maximum Gasteiger partial charge on any atom is 0.307 e. The number of rotatable bonds is 6. The molecule has 0 spiro atoms. The molecule has 0 amide bonds. The first-order valence-electron chi connectivity index (χ1n) is 6.78. The van der Waals surface area contributed by atoms with Gasteiger partial charge in [-0.25, -0.2) is 0 Å². The fourth-order valence-corrected chi connectivity index (χ4v) is 2.05. The van der Waals surface area contributed by atoms with Crippen LogP contribution >= 0.6 is 0 Å². The third kappa shape index (κ3) is 4.09. The molecule has 5 nitrogen and oxygen atoms in total. The van der Waals surface area contributed by atoms with E-state index in [0.717, 1.165) is 11.1 Å². The van der Waals surface area contributed by atoms with Gasteiger partial charge in [-0.2, -0.15) is 0 Å². The van der Waals surface area contributed by atoms with Crippen molar-refractivity contribution < 1.29 is 19.4 Å². The second-order valence-corrected chi connectivity index (χ2v) is 4.98. The molecule has 2 aromatic rings. The Bertz CT molecular complexity index is 692. The summed E-state index contributed by atoms with van der Waals surface area (Å²) in [5.41, 5.74) is 8.33. The molecular weight excluding hydrogens is 282 g/mol. The highest BCUT2D eigenvalue weighted by Crippen LogP contribution is 2.21. The first-order chi connectivity index (χ1) is 10.5. The number of carboxylic acids is 1. The molecule has 0 saturated heterocycles. The average Bonchev–Trinajstić information content (AvgIpc) is 2.45. The lowest BCUT2D eigenvalue weighted by Gasteiger charge is -2.09. The van der Waals surface area contributed by atoms with E-state index in [1.54, 1.807) is 30.3 Å². The molecule has 2 rings (SSSR count). The Morgan fingerprint density at radius 1 is 1.09 bits per heavy atom. The van der Waals surface area contributed by atoms with Crippen molar-refractivity contribution in [3.8, 4) is 5.75 Å². The molecule has 0 aliphatic heterocycles. The minimum Gasteiger partial charge on any atom is -0.489 e. The van der Waals surface area contributed by atoms with Gasteiger partial charge >= 0.3 is 5.97 Å². The molecule has 2 aromatic carbocycles. The van der Waals surface area contributed by atoms with Crippen LogP contribution in [0.25, 0.3) is 0 Å². The minimum absolute atomic E-state index is 0.00415. The van der Waals surface area contributed by atoms with E-state index in [9.17, 15) is 9.59 Å². The van der Waals surface area contributed by atoms with Crippen LogP contribution in [-0.2, 0) is 17.8 Å². The third-order valence-corrected chi connectivity index (χ3v) is 3.19. The average molecular weight is 299 g/mol. The number of anilines is 1. The van der Waals surface area contributed by atoms with Crippen LogP contribution in [0.4, 0.5) is 5.69 Å². The van der Waals surface area contributed by atoms with E-state index in [-0.39, 0.29) is 12.2 Å². The van der Waals surface area contributed by atoms with E-state index in [4.69, 9.17) is 15.6 Å². The lowest BCUT2D eigenvalue weighted by atomic mass is 10.1. The number of carbonyl (C=O) groups is 2. The molecule has 0 unspecified atom stereocenters. The number of aliphatic carboxylic acids is 1. The summed E-state index contributed by atoms with van der Waals surface area (Å²) >= 11 is 0. The smallest absolute Gasteiger partial charge is 0.307 e. The van der Waals surface area contributed by atoms with Crippen LogP contribution < -0.4 is 10.5 Å². The van der Waals surface area contributed by atoms with Crippen molar-refractivity contribution in [3.63, 3.8) is 0 Å². The number of nitrogen functional groups attached to an aromatic ring is 1. The predicted octanol–water partition coefficient (Wildman–Crippen LogP) is 2.68. The highest BCUT2D eigenvalue weighted by Gasteiger charge is 2.06. The van der Waals surface area contributed by atoms with Gasteiger partial charge in [0.2, 0.25) is 0 Å². The van der Waals surface area contributed by atoms with E-state index < -0.39 is 5.97 Å². The number of Topliss-reactive ketones (excluding diaryl/α,β-unsaturated/α-hetero) is 1. The van der Waals surface area contributed by atoms with Crippen molar-refractivity contribution in [2.24, 2.45) is 0 Å². The molecule has 0 fully saturated rings. The van der Waals surface area contributed by atoms with E-state index in [1.165, 1.54) is 6.92 Å². The van der Waals surface area contributed by atoms with Crippen LogP contribution in [0.5, 0.6) is 5.75 Å². The number of carbonyl (C=O) groups excluding carboxylic acids is 1. The van der Waals surface area contributed by atoms with E-state index >= 15 is 0 Å². The van der Waals surface area contributed by atoms with Crippen molar-refractivity contribution in [1.29, 1.82) is 0 Å². The van der Waals surface area contributed by atoms with Crippen molar-refractivity contribution in [1.82, 2.24) is 0 Å². The van der Waals surface area contributed by atoms with E-state index in [1.807, 2.05) is 12.1 Å². The first kappa shape index (κ1) is 15.6. The Morgan fingerprint density at radius 3 is 2.27 bits per heavy atom. The van der Waals surface area contributed by atoms with Crippen molar-refractivity contribution in [2.75, 3.05) is 5.73 Å². The number of hydrogen-bond donors (Lipinski definition) is 2. The summed E-state index contributed by atoms with van der Waals surface area (Å²) in [6.07, 6.45) is 0.00415. The van der Waals surface area contributed by atoms with Crippen LogP contribution in [0.15, 0.2) is 42.5 Å². The van der Waals surface area contributed by atoms with Crippen molar-refractivity contribution in [3.05, 3.63) is 59.2 Å². The lowest BCUT2D eigenvalue weighted by Crippen LogP contribution is -2.02. The Hall–Kier alpha value is -2.82. The second-order valence-electron chi connectivity index (χ2n) is 4.98. The summed E-state index contributed by atoms with van der Waals surface area (Å²) in [6, 6.07) is 12.1. The molecule has 0 aromatic heterocycles. The number of hydrogen-bond acceptors (Lipinski definition) is 4. The molecule has 0 saturated carbocycles. The molecule has 0 aliphatic rings. The van der Waals surface area contributed by atoms with Gasteiger partial charge in [0.1, 0.15) is 12.4 Å². The quantitative estimate of drug-likeness (QED) is 0.632. The van der Waals surface area contributed by atoms with Gasteiger partial charge in [0.15, 0.2) is 5.78 Å². The Morgan fingerprint density at radius 2 is 1.73 bits per heavy atom. The van der Waals surface area contributed by atoms with Gasteiger partial charge < -0.3 is 15.6 Å². The van der Waals surface area contributed by atoms with Crippen molar-refractivity contribution in [2.45, 2.75) is 20.0 Å².